The van der Waals surface area contributed by atoms with Gasteiger partial charge in [-0.05, 0) is 6.07 Å². The fraction of sp³-hybridized carbons (Fsp3) is 0. The number of pyridine rings is 1. The molecule has 0 aliphatic heterocycles. The Bertz CT molecular complexity index is 538. The van der Waals surface area contributed by atoms with E-state index in [4.69, 9.17) is 5.11 Å². The molecule has 0 radical (unpaired) electrons. The minimum Gasteiger partial charge on any atom is -0.476 e. The lowest BCUT2D eigenvalue weighted by atomic mass is 10.3. The number of nitrogens with zero attached hydrogens (tertiary/aromatic N) is 1. The highest BCUT2D eigenvalue weighted by Gasteiger charge is 2.09. The van der Waals surface area contributed by atoms with E-state index in [0.29, 0.717) is 10.6 Å². The van der Waals surface area contributed by atoms with Crippen LogP contribution in [0.15, 0.2) is 28.5 Å². The van der Waals surface area contributed by atoms with Gasteiger partial charge < -0.3 is 10.1 Å². The maximum atomic E-state index is 10.8. The van der Waals surface area contributed by atoms with Crippen LogP contribution in [-0.2, 0) is 0 Å². The number of aromatic carboxylic acids is 1. The maximum Gasteiger partial charge on any atom is 0.355 e. The average molecular weight is 222 g/mol. The summed E-state index contributed by atoms with van der Waals surface area (Å²) in [7, 11) is 0. The highest BCUT2D eigenvalue weighted by atomic mass is 32.1. The summed E-state index contributed by atoms with van der Waals surface area (Å²) in [6.07, 6.45) is 1.51. The highest BCUT2D eigenvalue weighted by Crippen LogP contribution is 2.21. The number of thiazole rings is 1. The molecule has 15 heavy (non-hydrogen) atoms. The predicted octanol–water partition coefficient (Wildman–Crippen LogP) is 1.20. The first-order chi connectivity index (χ1) is 7.16. The molecule has 0 aromatic carbocycles. The first-order valence-electron chi connectivity index (χ1n) is 4.05. The van der Waals surface area contributed by atoms with Gasteiger partial charge in [-0.25, -0.2) is 9.78 Å². The van der Waals surface area contributed by atoms with E-state index in [-0.39, 0.29) is 11.3 Å². The minimum absolute atomic E-state index is 0.0150. The number of H-pyrrole nitrogens is 1. The van der Waals surface area contributed by atoms with Gasteiger partial charge in [0.1, 0.15) is 5.01 Å². The average Bonchev–Trinajstić information content (AvgIpc) is 2.68. The summed E-state index contributed by atoms with van der Waals surface area (Å²) in [5.41, 5.74) is 0.516. The Labute approximate surface area is 88.1 Å². The van der Waals surface area contributed by atoms with Crippen molar-refractivity contribution in [1.29, 1.82) is 0 Å². The molecule has 0 atom stereocenters. The van der Waals surface area contributed by atoms with Crippen molar-refractivity contribution in [3.63, 3.8) is 0 Å². The summed E-state index contributed by atoms with van der Waals surface area (Å²) in [6, 6.07) is 2.97. The summed E-state index contributed by atoms with van der Waals surface area (Å²) < 4.78 is 0. The van der Waals surface area contributed by atoms with Crippen LogP contribution in [0.4, 0.5) is 0 Å². The molecule has 0 aliphatic rings. The molecule has 6 heteroatoms. The van der Waals surface area contributed by atoms with Crippen LogP contribution in [0.2, 0.25) is 0 Å². The Morgan fingerprint density at radius 3 is 2.80 bits per heavy atom. The number of carboxylic acids is 1. The quantitative estimate of drug-likeness (QED) is 0.799. The molecule has 0 amide bonds. The highest BCUT2D eigenvalue weighted by molar-refractivity contribution is 7.13. The van der Waals surface area contributed by atoms with Crippen molar-refractivity contribution >= 4 is 17.3 Å². The lowest BCUT2D eigenvalue weighted by Gasteiger charge is -1.92. The van der Waals surface area contributed by atoms with Crippen molar-refractivity contribution < 1.29 is 9.90 Å². The molecule has 0 saturated carbocycles. The lowest BCUT2D eigenvalue weighted by Crippen LogP contribution is -2.01. The third kappa shape index (κ3) is 1.94. The van der Waals surface area contributed by atoms with Crippen LogP contribution in [0.25, 0.3) is 10.6 Å². The van der Waals surface area contributed by atoms with Gasteiger partial charge in [-0.15, -0.1) is 11.3 Å². The van der Waals surface area contributed by atoms with Crippen molar-refractivity contribution in [3.05, 3.63) is 39.8 Å². The molecular weight excluding hydrogens is 216 g/mol. The second-order valence-corrected chi connectivity index (χ2v) is 3.64. The largest absolute Gasteiger partial charge is 0.476 e. The zero-order valence-corrected chi connectivity index (χ0v) is 8.25. The van der Waals surface area contributed by atoms with Gasteiger partial charge in [0.15, 0.2) is 5.69 Å². The van der Waals surface area contributed by atoms with E-state index in [1.54, 1.807) is 6.07 Å². The third-order valence-electron chi connectivity index (χ3n) is 1.75. The fourth-order valence-corrected chi connectivity index (χ4v) is 1.84. The Balaban J connectivity index is 2.41. The summed E-state index contributed by atoms with van der Waals surface area (Å²) in [6.45, 7) is 0. The molecule has 2 aromatic heterocycles. The molecule has 0 saturated heterocycles. The van der Waals surface area contributed by atoms with Crippen molar-refractivity contribution in [2.45, 2.75) is 0 Å². The fourth-order valence-electron chi connectivity index (χ4n) is 1.05. The topological polar surface area (TPSA) is 83.0 Å². The lowest BCUT2D eigenvalue weighted by molar-refractivity contribution is 0.0691. The number of aromatic nitrogens is 2. The first kappa shape index (κ1) is 9.60. The molecule has 2 aromatic rings. The summed E-state index contributed by atoms with van der Waals surface area (Å²) >= 11 is 1.22. The van der Waals surface area contributed by atoms with Crippen molar-refractivity contribution in [2.24, 2.45) is 0 Å². The SMILES string of the molecule is O=C(O)c1csc(-c2ccc(=O)[nH]c2)n1. The van der Waals surface area contributed by atoms with Crippen LogP contribution in [0.1, 0.15) is 10.5 Å². The van der Waals surface area contributed by atoms with Crippen molar-refractivity contribution in [1.82, 2.24) is 9.97 Å². The van der Waals surface area contributed by atoms with Gasteiger partial charge in [0.25, 0.3) is 0 Å². The second-order valence-electron chi connectivity index (χ2n) is 2.78. The molecule has 2 N–H and O–H groups in total. The molecular formula is C9H6N2O3S. The van der Waals surface area contributed by atoms with Gasteiger partial charge in [-0.1, -0.05) is 0 Å². The number of carboxylic acid groups (broad SMARTS) is 1. The van der Waals surface area contributed by atoms with Gasteiger partial charge >= 0.3 is 5.97 Å². The Morgan fingerprint density at radius 2 is 2.27 bits per heavy atom. The van der Waals surface area contributed by atoms with Gasteiger partial charge in [-0.2, -0.15) is 0 Å². The molecule has 76 valence electrons. The Hall–Kier alpha value is -1.95. The van der Waals surface area contributed by atoms with Gasteiger partial charge in [0, 0.05) is 23.2 Å². The molecule has 0 aliphatic carbocycles. The molecule has 0 spiro atoms. The standard InChI is InChI=1S/C9H6N2O3S/c12-7-2-1-5(3-10-7)8-11-6(4-15-8)9(13)14/h1-4H,(H,10,12)(H,13,14). The Morgan fingerprint density at radius 1 is 1.47 bits per heavy atom. The number of nitrogens with one attached hydrogen (secondary N) is 1. The molecule has 2 heterocycles. The van der Waals surface area contributed by atoms with E-state index in [1.807, 2.05) is 0 Å². The van der Waals surface area contributed by atoms with Crippen LogP contribution in [0.5, 0.6) is 0 Å². The molecule has 0 fully saturated rings. The zero-order valence-electron chi connectivity index (χ0n) is 7.43. The second kappa shape index (κ2) is 3.66. The van der Waals surface area contributed by atoms with E-state index in [1.165, 1.54) is 29.0 Å². The van der Waals surface area contributed by atoms with Crippen LogP contribution in [0.3, 0.4) is 0 Å². The number of carbonyl (C=O) groups is 1. The van der Waals surface area contributed by atoms with E-state index in [0.717, 1.165) is 0 Å². The van der Waals surface area contributed by atoms with Crippen LogP contribution in [-0.4, -0.2) is 21.0 Å². The van der Waals surface area contributed by atoms with Crippen LogP contribution in [0, 0.1) is 0 Å². The zero-order chi connectivity index (χ0) is 10.8. The van der Waals surface area contributed by atoms with E-state index >= 15 is 0 Å². The number of hydrogen-bond acceptors (Lipinski definition) is 4. The predicted molar refractivity (Wildman–Crippen MR) is 55.1 cm³/mol. The van der Waals surface area contributed by atoms with E-state index in [9.17, 15) is 9.59 Å². The molecule has 5 nitrogen and oxygen atoms in total. The summed E-state index contributed by atoms with van der Waals surface area (Å²) in [4.78, 5) is 27.8. The minimum atomic E-state index is -1.05. The van der Waals surface area contributed by atoms with E-state index in [2.05, 4.69) is 9.97 Å². The molecule has 2 rings (SSSR count). The third-order valence-corrected chi connectivity index (χ3v) is 2.65. The number of hydrogen-bond donors (Lipinski definition) is 2. The molecule has 0 bridgehead atoms. The maximum absolute atomic E-state index is 10.8. The smallest absolute Gasteiger partial charge is 0.355 e. The van der Waals surface area contributed by atoms with Crippen LogP contribution < -0.4 is 5.56 Å². The van der Waals surface area contributed by atoms with Crippen molar-refractivity contribution in [3.8, 4) is 10.6 Å². The van der Waals surface area contributed by atoms with Gasteiger partial charge in [0.05, 0.1) is 0 Å². The van der Waals surface area contributed by atoms with Crippen molar-refractivity contribution in [2.75, 3.05) is 0 Å². The number of aromatic amines is 1. The Kier molecular flexibility index (Phi) is 2.34. The first-order valence-corrected chi connectivity index (χ1v) is 4.93. The van der Waals surface area contributed by atoms with Gasteiger partial charge in [-0.3, -0.25) is 4.79 Å². The number of rotatable bonds is 2. The van der Waals surface area contributed by atoms with E-state index < -0.39 is 5.97 Å². The van der Waals surface area contributed by atoms with Gasteiger partial charge in [0.2, 0.25) is 5.56 Å². The van der Waals surface area contributed by atoms with Crippen LogP contribution >= 0.6 is 11.3 Å². The monoisotopic (exact) mass is 222 g/mol. The molecule has 0 unspecified atom stereocenters. The normalized spacial score (nSPS) is 10.1. The summed E-state index contributed by atoms with van der Waals surface area (Å²) in [5, 5.41) is 10.7. The summed E-state index contributed by atoms with van der Waals surface area (Å²) in [5.74, 6) is -1.05.